The molecule has 2 aromatic heterocycles. The minimum absolute atomic E-state index is 0.222. The minimum atomic E-state index is 0.222. The Morgan fingerprint density at radius 2 is 2.18 bits per heavy atom. The molecule has 1 unspecified atom stereocenters. The zero-order chi connectivity index (χ0) is 19.1. The Morgan fingerprint density at radius 3 is 2.96 bits per heavy atom. The van der Waals surface area contributed by atoms with Gasteiger partial charge in [0.1, 0.15) is 0 Å². The van der Waals surface area contributed by atoms with Crippen molar-refractivity contribution in [3.05, 3.63) is 56.5 Å². The van der Waals surface area contributed by atoms with E-state index in [-0.39, 0.29) is 5.91 Å². The molecule has 28 heavy (non-hydrogen) atoms. The number of rotatable bonds is 4. The summed E-state index contributed by atoms with van der Waals surface area (Å²) in [5.41, 5.74) is 4.51. The van der Waals surface area contributed by atoms with Crippen molar-refractivity contribution in [1.82, 2.24) is 9.88 Å². The van der Waals surface area contributed by atoms with Crippen LogP contribution >= 0.6 is 22.7 Å². The summed E-state index contributed by atoms with van der Waals surface area (Å²) in [6.07, 6.45) is 3.25. The van der Waals surface area contributed by atoms with E-state index in [0.29, 0.717) is 12.6 Å². The van der Waals surface area contributed by atoms with Crippen molar-refractivity contribution < 1.29 is 4.79 Å². The summed E-state index contributed by atoms with van der Waals surface area (Å²) in [4.78, 5) is 23.4. The van der Waals surface area contributed by atoms with Crippen molar-refractivity contribution in [2.75, 3.05) is 24.5 Å². The molecular weight excluding hydrogens is 386 g/mol. The molecule has 1 fully saturated rings. The third-order valence-electron chi connectivity index (χ3n) is 5.76. The second-order valence-electron chi connectivity index (χ2n) is 7.53. The van der Waals surface area contributed by atoms with Crippen molar-refractivity contribution in [3.8, 4) is 11.3 Å². The molecule has 0 aliphatic carbocycles. The molecule has 1 amide bonds. The highest BCUT2D eigenvalue weighted by molar-refractivity contribution is 7.10. The van der Waals surface area contributed by atoms with Crippen LogP contribution < -0.4 is 4.90 Å². The summed E-state index contributed by atoms with van der Waals surface area (Å²) in [5.74, 6) is 0.222. The van der Waals surface area contributed by atoms with Gasteiger partial charge in [0.2, 0.25) is 5.91 Å². The maximum Gasteiger partial charge on any atom is 0.241 e. The molecular formula is C22H23N3OS2. The van der Waals surface area contributed by atoms with Crippen LogP contribution in [0.4, 0.5) is 5.69 Å². The number of aryl methyl sites for hydroxylation is 1. The predicted molar refractivity (Wildman–Crippen MR) is 116 cm³/mol. The van der Waals surface area contributed by atoms with E-state index < -0.39 is 0 Å². The molecule has 4 nitrogen and oxygen atoms in total. The number of likely N-dealkylation sites (tertiary alicyclic amines) is 1. The lowest BCUT2D eigenvalue weighted by Crippen LogP contribution is -2.39. The molecule has 0 bridgehead atoms. The predicted octanol–water partition coefficient (Wildman–Crippen LogP) is 4.91. The van der Waals surface area contributed by atoms with Gasteiger partial charge >= 0.3 is 0 Å². The van der Waals surface area contributed by atoms with Gasteiger partial charge in [0.25, 0.3) is 0 Å². The van der Waals surface area contributed by atoms with Gasteiger partial charge in [-0.15, -0.1) is 22.7 Å². The lowest BCUT2D eigenvalue weighted by atomic mass is 10.1. The van der Waals surface area contributed by atoms with Crippen molar-refractivity contribution >= 4 is 34.3 Å². The number of aromatic nitrogens is 1. The molecule has 1 saturated heterocycles. The molecule has 144 valence electrons. The van der Waals surface area contributed by atoms with Crippen LogP contribution in [0.15, 0.2) is 41.1 Å². The van der Waals surface area contributed by atoms with Gasteiger partial charge in [0.05, 0.1) is 17.2 Å². The van der Waals surface area contributed by atoms with Crippen LogP contribution in [0.2, 0.25) is 0 Å². The van der Waals surface area contributed by atoms with Crippen LogP contribution in [0.5, 0.6) is 0 Å². The minimum Gasteiger partial charge on any atom is -0.311 e. The van der Waals surface area contributed by atoms with Gasteiger partial charge in [-0.2, -0.15) is 0 Å². The number of fused-ring (bicyclic) bond motifs is 1. The highest BCUT2D eigenvalue weighted by Crippen LogP contribution is 2.36. The van der Waals surface area contributed by atoms with E-state index in [0.717, 1.165) is 47.9 Å². The van der Waals surface area contributed by atoms with Gasteiger partial charge in [-0.3, -0.25) is 9.69 Å². The lowest BCUT2D eigenvalue weighted by molar-refractivity contribution is -0.119. The SMILES string of the molecule is Cc1nc(-c2ccc3c(c2)CCN3C(=O)CN2CCCC2c2cccs2)cs1. The first-order valence-electron chi connectivity index (χ1n) is 9.82. The number of carbonyl (C=O) groups is 1. The first kappa shape index (κ1) is 18.0. The molecule has 0 N–H and O–H groups in total. The number of nitrogens with zero attached hydrogens (tertiary/aromatic N) is 3. The number of benzene rings is 1. The Kier molecular flexibility index (Phi) is 4.78. The molecule has 0 radical (unpaired) electrons. The summed E-state index contributed by atoms with van der Waals surface area (Å²) < 4.78 is 0. The van der Waals surface area contributed by atoms with Gasteiger partial charge in [-0.25, -0.2) is 4.98 Å². The van der Waals surface area contributed by atoms with Crippen LogP contribution in [0, 0.1) is 6.92 Å². The third-order valence-corrected chi connectivity index (χ3v) is 7.51. The molecule has 1 atom stereocenters. The normalized spacial score (nSPS) is 19.3. The van der Waals surface area contributed by atoms with E-state index in [2.05, 4.69) is 51.0 Å². The number of hydrogen-bond acceptors (Lipinski definition) is 5. The van der Waals surface area contributed by atoms with Gasteiger partial charge in [0.15, 0.2) is 0 Å². The lowest BCUT2D eigenvalue weighted by Gasteiger charge is -2.26. The summed E-state index contributed by atoms with van der Waals surface area (Å²) >= 11 is 3.48. The highest BCUT2D eigenvalue weighted by Gasteiger charge is 2.32. The Morgan fingerprint density at radius 1 is 1.25 bits per heavy atom. The van der Waals surface area contributed by atoms with Crippen molar-refractivity contribution in [2.24, 2.45) is 0 Å². The summed E-state index contributed by atoms with van der Waals surface area (Å²) in [5, 5.41) is 5.32. The van der Waals surface area contributed by atoms with Crippen LogP contribution in [-0.4, -0.2) is 35.4 Å². The average Bonchev–Trinajstić information content (AvgIpc) is 3.47. The molecule has 1 aromatic carbocycles. The van der Waals surface area contributed by atoms with E-state index in [1.807, 2.05) is 11.8 Å². The maximum absolute atomic E-state index is 13.1. The first-order chi connectivity index (χ1) is 13.7. The molecule has 0 saturated carbocycles. The van der Waals surface area contributed by atoms with E-state index in [1.165, 1.54) is 16.9 Å². The maximum atomic E-state index is 13.1. The Hall–Kier alpha value is -2.02. The summed E-state index contributed by atoms with van der Waals surface area (Å²) in [7, 11) is 0. The number of thiophene rings is 1. The van der Waals surface area contributed by atoms with Gasteiger partial charge in [-0.05, 0) is 61.9 Å². The smallest absolute Gasteiger partial charge is 0.241 e. The van der Waals surface area contributed by atoms with E-state index >= 15 is 0 Å². The topological polar surface area (TPSA) is 36.4 Å². The zero-order valence-electron chi connectivity index (χ0n) is 15.9. The second-order valence-corrected chi connectivity index (χ2v) is 9.58. The summed E-state index contributed by atoms with van der Waals surface area (Å²) in [6.45, 7) is 4.33. The van der Waals surface area contributed by atoms with Gasteiger partial charge in [0, 0.05) is 34.1 Å². The molecule has 3 aromatic rings. The molecule has 6 heteroatoms. The fourth-order valence-electron chi connectivity index (χ4n) is 4.39. The summed E-state index contributed by atoms with van der Waals surface area (Å²) in [6, 6.07) is 11.1. The van der Waals surface area contributed by atoms with Crippen molar-refractivity contribution in [1.29, 1.82) is 0 Å². The zero-order valence-corrected chi connectivity index (χ0v) is 17.6. The highest BCUT2D eigenvalue weighted by atomic mass is 32.1. The molecule has 2 aliphatic rings. The van der Waals surface area contributed by atoms with E-state index in [4.69, 9.17) is 0 Å². The Balaban J connectivity index is 1.32. The van der Waals surface area contributed by atoms with Gasteiger partial charge < -0.3 is 4.90 Å². The molecule has 0 spiro atoms. The number of amides is 1. The fourth-order valence-corrected chi connectivity index (χ4v) is 5.91. The number of hydrogen-bond donors (Lipinski definition) is 0. The Bertz CT molecular complexity index is 995. The van der Waals surface area contributed by atoms with Crippen LogP contribution in [0.1, 0.15) is 34.3 Å². The Labute approximate surface area is 173 Å². The van der Waals surface area contributed by atoms with E-state index in [1.54, 1.807) is 22.7 Å². The monoisotopic (exact) mass is 409 g/mol. The number of anilines is 1. The average molecular weight is 410 g/mol. The molecule has 2 aliphatic heterocycles. The standard InChI is InChI=1S/C22H23N3OS2/c1-15-23-18(14-28-15)16-6-7-19-17(12-16)8-10-25(19)22(26)13-24-9-2-4-20(24)21-5-3-11-27-21/h3,5-7,11-12,14,20H,2,4,8-10,13H2,1H3. The molecule has 4 heterocycles. The van der Waals surface area contributed by atoms with Crippen LogP contribution in [-0.2, 0) is 11.2 Å². The fraction of sp³-hybridized carbons (Fsp3) is 0.364. The van der Waals surface area contributed by atoms with Crippen molar-refractivity contribution in [2.45, 2.75) is 32.2 Å². The van der Waals surface area contributed by atoms with Gasteiger partial charge in [-0.1, -0.05) is 12.1 Å². The van der Waals surface area contributed by atoms with Crippen LogP contribution in [0.3, 0.4) is 0 Å². The number of carbonyl (C=O) groups excluding carboxylic acids is 1. The largest absolute Gasteiger partial charge is 0.311 e. The second kappa shape index (κ2) is 7.43. The third kappa shape index (κ3) is 3.30. The number of thiazole rings is 1. The van der Waals surface area contributed by atoms with E-state index in [9.17, 15) is 4.79 Å². The quantitative estimate of drug-likeness (QED) is 0.615. The first-order valence-corrected chi connectivity index (χ1v) is 11.6. The van der Waals surface area contributed by atoms with Crippen LogP contribution in [0.25, 0.3) is 11.3 Å². The molecule has 5 rings (SSSR count). The van der Waals surface area contributed by atoms with Crippen molar-refractivity contribution in [3.63, 3.8) is 0 Å².